The number of piperazine rings is 1. The smallest absolute Gasteiger partial charge is 0.254 e. The van der Waals surface area contributed by atoms with Crippen LogP contribution in [-0.4, -0.2) is 60.3 Å². The molecule has 1 aromatic carbocycles. The Morgan fingerprint density at radius 1 is 1.14 bits per heavy atom. The minimum Gasteiger partial charge on any atom is -0.454 e. The highest BCUT2D eigenvalue weighted by Gasteiger charge is 2.20. The Morgan fingerprint density at radius 2 is 1.89 bits per heavy atom. The van der Waals surface area contributed by atoms with E-state index in [1.165, 1.54) is 5.56 Å². The lowest BCUT2D eigenvalue weighted by molar-refractivity contribution is 0.0957. The number of nitrogens with one attached hydrogen (secondary N) is 1. The molecule has 1 aromatic heterocycles. The van der Waals surface area contributed by atoms with Crippen LogP contribution >= 0.6 is 0 Å². The van der Waals surface area contributed by atoms with Gasteiger partial charge >= 0.3 is 0 Å². The van der Waals surface area contributed by atoms with Crippen molar-refractivity contribution in [1.82, 2.24) is 20.2 Å². The first-order chi connectivity index (χ1) is 13.7. The van der Waals surface area contributed by atoms with Gasteiger partial charge in [-0.2, -0.15) is 0 Å². The number of anilines is 1. The van der Waals surface area contributed by atoms with Gasteiger partial charge in [-0.05, 0) is 17.7 Å². The molecule has 8 nitrogen and oxygen atoms in total. The second-order valence-corrected chi connectivity index (χ2v) is 6.72. The van der Waals surface area contributed by atoms with Crippen molar-refractivity contribution in [2.24, 2.45) is 0 Å². The van der Waals surface area contributed by atoms with Crippen LogP contribution < -0.4 is 19.7 Å². The molecule has 0 unspecified atom stereocenters. The molecule has 4 rings (SSSR count). The molecule has 2 aliphatic heterocycles. The average molecular weight is 381 g/mol. The van der Waals surface area contributed by atoms with Crippen LogP contribution in [0.15, 0.2) is 43.2 Å². The standard InChI is InChI=1S/C20H23N5O3/c1-2-5-21-19(26)16-11-22-20(23-12-16)25-8-6-24(7-9-25)13-15-3-4-17-18(10-15)28-14-27-17/h2-4,10-12H,1,5-9,13-14H2,(H,21,26). The Morgan fingerprint density at radius 3 is 2.64 bits per heavy atom. The minimum atomic E-state index is -0.194. The number of fused-ring (bicyclic) bond motifs is 1. The number of hydrogen-bond donors (Lipinski definition) is 1. The molecule has 0 bridgehead atoms. The number of benzene rings is 1. The number of carbonyl (C=O) groups excluding carboxylic acids is 1. The van der Waals surface area contributed by atoms with Gasteiger partial charge in [-0.3, -0.25) is 9.69 Å². The fraction of sp³-hybridized carbons (Fsp3) is 0.350. The molecule has 1 amide bonds. The Hall–Kier alpha value is -3.13. The summed E-state index contributed by atoms with van der Waals surface area (Å²) >= 11 is 0. The summed E-state index contributed by atoms with van der Waals surface area (Å²) in [5, 5.41) is 2.72. The zero-order chi connectivity index (χ0) is 19.3. The van der Waals surface area contributed by atoms with Crippen molar-refractivity contribution >= 4 is 11.9 Å². The van der Waals surface area contributed by atoms with Crippen LogP contribution in [0.4, 0.5) is 5.95 Å². The van der Waals surface area contributed by atoms with E-state index in [9.17, 15) is 4.79 Å². The van der Waals surface area contributed by atoms with E-state index in [0.29, 0.717) is 24.8 Å². The summed E-state index contributed by atoms with van der Waals surface area (Å²) in [5.74, 6) is 2.09. The Kier molecular flexibility index (Phi) is 5.38. The fourth-order valence-corrected chi connectivity index (χ4v) is 3.27. The van der Waals surface area contributed by atoms with Gasteiger partial charge in [0, 0.05) is 51.7 Å². The van der Waals surface area contributed by atoms with Gasteiger partial charge in [0.25, 0.3) is 5.91 Å². The first-order valence-electron chi connectivity index (χ1n) is 9.30. The van der Waals surface area contributed by atoms with E-state index < -0.39 is 0 Å². The summed E-state index contributed by atoms with van der Waals surface area (Å²) < 4.78 is 10.8. The maximum absolute atomic E-state index is 11.9. The van der Waals surface area contributed by atoms with E-state index in [1.807, 2.05) is 12.1 Å². The van der Waals surface area contributed by atoms with Gasteiger partial charge in [0.1, 0.15) is 0 Å². The van der Waals surface area contributed by atoms with Crippen LogP contribution in [0.25, 0.3) is 0 Å². The maximum Gasteiger partial charge on any atom is 0.254 e. The lowest BCUT2D eigenvalue weighted by Crippen LogP contribution is -2.46. The van der Waals surface area contributed by atoms with Crippen LogP contribution in [0.5, 0.6) is 11.5 Å². The van der Waals surface area contributed by atoms with Crippen LogP contribution in [0, 0.1) is 0 Å². The van der Waals surface area contributed by atoms with E-state index in [-0.39, 0.29) is 5.91 Å². The van der Waals surface area contributed by atoms with Crippen LogP contribution in [0.1, 0.15) is 15.9 Å². The van der Waals surface area contributed by atoms with Gasteiger partial charge in [0.15, 0.2) is 11.5 Å². The number of amides is 1. The molecule has 28 heavy (non-hydrogen) atoms. The highest BCUT2D eigenvalue weighted by molar-refractivity contribution is 5.93. The van der Waals surface area contributed by atoms with Crippen molar-refractivity contribution in [3.05, 3.63) is 54.4 Å². The third-order valence-corrected chi connectivity index (χ3v) is 4.81. The first kappa shape index (κ1) is 18.2. The molecule has 3 heterocycles. The molecule has 146 valence electrons. The number of aromatic nitrogens is 2. The Balaban J connectivity index is 1.30. The zero-order valence-electron chi connectivity index (χ0n) is 15.6. The van der Waals surface area contributed by atoms with Crippen molar-refractivity contribution in [3.63, 3.8) is 0 Å². The quantitative estimate of drug-likeness (QED) is 0.759. The summed E-state index contributed by atoms with van der Waals surface area (Å²) in [6.07, 6.45) is 4.77. The number of nitrogens with zero attached hydrogens (tertiary/aromatic N) is 4. The highest BCUT2D eigenvalue weighted by Crippen LogP contribution is 2.32. The third-order valence-electron chi connectivity index (χ3n) is 4.81. The predicted molar refractivity (Wildman–Crippen MR) is 105 cm³/mol. The number of carbonyl (C=O) groups is 1. The lowest BCUT2D eigenvalue weighted by Gasteiger charge is -2.34. The lowest BCUT2D eigenvalue weighted by atomic mass is 10.1. The molecule has 1 N–H and O–H groups in total. The molecule has 0 radical (unpaired) electrons. The van der Waals surface area contributed by atoms with E-state index in [4.69, 9.17) is 9.47 Å². The highest BCUT2D eigenvalue weighted by atomic mass is 16.7. The zero-order valence-corrected chi connectivity index (χ0v) is 15.6. The van der Waals surface area contributed by atoms with Crippen molar-refractivity contribution in [2.45, 2.75) is 6.54 Å². The van der Waals surface area contributed by atoms with Crippen LogP contribution in [0.2, 0.25) is 0 Å². The number of rotatable bonds is 6. The number of hydrogen-bond acceptors (Lipinski definition) is 7. The van der Waals surface area contributed by atoms with Crippen molar-refractivity contribution < 1.29 is 14.3 Å². The van der Waals surface area contributed by atoms with Crippen molar-refractivity contribution in [3.8, 4) is 11.5 Å². The topological polar surface area (TPSA) is 79.8 Å². The normalized spacial score (nSPS) is 16.1. The predicted octanol–water partition coefficient (Wildman–Crippen LogP) is 1.44. The molecule has 8 heteroatoms. The maximum atomic E-state index is 11.9. The number of ether oxygens (including phenoxy) is 2. The summed E-state index contributed by atoms with van der Waals surface area (Å²) in [6.45, 7) is 8.68. The molecule has 0 aliphatic carbocycles. The van der Waals surface area contributed by atoms with E-state index >= 15 is 0 Å². The first-order valence-corrected chi connectivity index (χ1v) is 9.30. The Bertz CT molecular complexity index is 847. The summed E-state index contributed by atoms with van der Waals surface area (Å²) in [5.41, 5.74) is 1.66. The average Bonchev–Trinajstić information content (AvgIpc) is 3.20. The van der Waals surface area contributed by atoms with Gasteiger partial charge in [-0.15, -0.1) is 6.58 Å². The van der Waals surface area contributed by atoms with Gasteiger partial charge in [0.2, 0.25) is 12.7 Å². The molecule has 0 saturated carbocycles. The second-order valence-electron chi connectivity index (χ2n) is 6.72. The van der Waals surface area contributed by atoms with E-state index in [1.54, 1.807) is 18.5 Å². The molecule has 0 atom stereocenters. The molecular formula is C20H23N5O3. The monoisotopic (exact) mass is 381 g/mol. The molecule has 1 saturated heterocycles. The molecule has 1 fully saturated rings. The van der Waals surface area contributed by atoms with Gasteiger partial charge in [-0.1, -0.05) is 12.1 Å². The summed E-state index contributed by atoms with van der Waals surface area (Å²) in [4.78, 5) is 25.2. The second kappa shape index (κ2) is 8.26. The van der Waals surface area contributed by atoms with Crippen LogP contribution in [-0.2, 0) is 6.54 Å². The fourth-order valence-electron chi connectivity index (χ4n) is 3.27. The largest absolute Gasteiger partial charge is 0.454 e. The summed E-state index contributed by atoms with van der Waals surface area (Å²) in [6, 6.07) is 6.10. The Labute approximate surface area is 163 Å². The third kappa shape index (κ3) is 4.07. The van der Waals surface area contributed by atoms with Gasteiger partial charge in [0.05, 0.1) is 5.56 Å². The van der Waals surface area contributed by atoms with Crippen LogP contribution in [0.3, 0.4) is 0 Å². The SMILES string of the molecule is C=CCNC(=O)c1cnc(N2CCN(Cc3ccc4c(c3)OCO4)CC2)nc1. The molecular weight excluding hydrogens is 358 g/mol. The van der Waals surface area contributed by atoms with E-state index in [0.717, 1.165) is 44.2 Å². The molecule has 2 aromatic rings. The minimum absolute atomic E-state index is 0.194. The summed E-state index contributed by atoms with van der Waals surface area (Å²) in [7, 11) is 0. The van der Waals surface area contributed by atoms with Crippen molar-refractivity contribution in [2.75, 3.05) is 44.4 Å². The van der Waals surface area contributed by atoms with Gasteiger partial charge in [-0.25, -0.2) is 9.97 Å². The van der Waals surface area contributed by atoms with Gasteiger partial charge < -0.3 is 19.7 Å². The molecule has 2 aliphatic rings. The molecule has 0 spiro atoms. The van der Waals surface area contributed by atoms with Crippen molar-refractivity contribution in [1.29, 1.82) is 0 Å². The van der Waals surface area contributed by atoms with E-state index in [2.05, 4.69) is 37.7 Å².